The first-order valence-corrected chi connectivity index (χ1v) is 9.10. The van der Waals surface area contributed by atoms with Gasteiger partial charge < -0.3 is 15.2 Å². The van der Waals surface area contributed by atoms with Crippen LogP contribution in [0.1, 0.15) is 46.4 Å². The fourth-order valence-electron chi connectivity index (χ4n) is 3.63. The second-order valence-electron chi connectivity index (χ2n) is 6.99. The van der Waals surface area contributed by atoms with Crippen molar-refractivity contribution in [3.05, 3.63) is 65.2 Å². The van der Waals surface area contributed by atoms with Crippen molar-refractivity contribution in [2.24, 2.45) is 0 Å². The van der Waals surface area contributed by atoms with Gasteiger partial charge in [0, 0.05) is 29.4 Å². The number of nitrogens with zero attached hydrogens (tertiary/aromatic N) is 3. The van der Waals surface area contributed by atoms with Crippen molar-refractivity contribution in [1.29, 1.82) is 0 Å². The van der Waals surface area contributed by atoms with E-state index in [1.165, 1.54) is 0 Å². The molecular weight excluding hydrogens is 340 g/mol. The number of pyridine rings is 1. The molecule has 1 atom stereocenters. The number of anilines is 1. The highest BCUT2D eigenvalue weighted by Crippen LogP contribution is 2.34. The number of amides is 1. The topological polar surface area (TPSA) is 85.2 Å². The van der Waals surface area contributed by atoms with Crippen LogP contribution < -0.4 is 5.73 Å². The van der Waals surface area contributed by atoms with Crippen molar-refractivity contribution in [1.82, 2.24) is 15.0 Å². The number of carbonyl (C=O) groups excluding carboxylic acids is 1. The molecule has 0 bridgehead atoms. The molecule has 0 spiro atoms. The minimum absolute atomic E-state index is 0.00751. The van der Waals surface area contributed by atoms with Crippen LogP contribution in [0.15, 0.2) is 47.0 Å². The summed E-state index contributed by atoms with van der Waals surface area (Å²) >= 11 is 0. The molecule has 1 aliphatic rings. The fraction of sp³-hybridized carbons (Fsp3) is 0.286. The molecule has 6 heteroatoms. The van der Waals surface area contributed by atoms with E-state index in [9.17, 15) is 4.79 Å². The number of hydrogen-bond acceptors (Lipinski definition) is 5. The van der Waals surface area contributed by atoms with Crippen LogP contribution in [-0.2, 0) is 0 Å². The van der Waals surface area contributed by atoms with E-state index in [0.29, 0.717) is 11.4 Å². The molecule has 27 heavy (non-hydrogen) atoms. The largest absolute Gasteiger partial charge is 0.383 e. The smallest absolute Gasteiger partial charge is 0.254 e. The van der Waals surface area contributed by atoms with Crippen LogP contribution in [0.2, 0.25) is 0 Å². The van der Waals surface area contributed by atoms with Crippen LogP contribution in [0, 0.1) is 13.8 Å². The molecule has 4 rings (SSSR count). The number of likely N-dealkylation sites (tertiary alicyclic amines) is 1. The first kappa shape index (κ1) is 17.3. The van der Waals surface area contributed by atoms with E-state index in [1.807, 2.05) is 61.2 Å². The standard InChI is InChI=1S/C21H22N4O2/c1-13-5-10-17(20(22)23-13)15-6-8-16(9-7-15)21(26)25-11-3-4-18(25)19-12-14(2)24-27-19/h5-10,12,18H,3-4,11H2,1-2H3,(H2,22,23). The summed E-state index contributed by atoms with van der Waals surface area (Å²) < 4.78 is 5.40. The third kappa shape index (κ3) is 3.30. The third-order valence-corrected chi connectivity index (χ3v) is 5.00. The Morgan fingerprint density at radius 2 is 1.93 bits per heavy atom. The highest BCUT2D eigenvalue weighted by atomic mass is 16.5. The molecule has 1 aromatic carbocycles. The average molecular weight is 362 g/mol. The summed E-state index contributed by atoms with van der Waals surface area (Å²) in [6.45, 7) is 4.52. The van der Waals surface area contributed by atoms with Crippen molar-refractivity contribution in [2.75, 3.05) is 12.3 Å². The molecule has 1 amide bonds. The first-order valence-electron chi connectivity index (χ1n) is 9.10. The van der Waals surface area contributed by atoms with Gasteiger partial charge >= 0.3 is 0 Å². The Balaban J connectivity index is 1.57. The van der Waals surface area contributed by atoms with E-state index in [-0.39, 0.29) is 11.9 Å². The van der Waals surface area contributed by atoms with Crippen LogP contribution in [0.3, 0.4) is 0 Å². The number of aromatic nitrogens is 2. The maximum Gasteiger partial charge on any atom is 0.254 e. The summed E-state index contributed by atoms with van der Waals surface area (Å²) in [6, 6.07) is 13.3. The summed E-state index contributed by atoms with van der Waals surface area (Å²) in [6.07, 6.45) is 1.85. The highest BCUT2D eigenvalue weighted by Gasteiger charge is 2.33. The number of nitrogen functional groups attached to an aromatic ring is 1. The zero-order chi connectivity index (χ0) is 19.0. The van der Waals surface area contributed by atoms with Crippen LogP contribution in [0.25, 0.3) is 11.1 Å². The second-order valence-corrected chi connectivity index (χ2v) is 6.99. The van der Waals surface area contributed by atoms with E-state index in [4.69, 9.17) is 10.3 Å². The third-order valence-electron chi connectivity index (χ3n) is 5.00. The molecule has 2 aromatic heterocycles. The molecule has 138 valence electrons. The zero-order valence-corrected chi connectivity index (χ0v) is 15.5. The molecule has 6 nitrogen and oxygen atoms in total. The Kier molecular flexibility index (Phi) is 4.39. The molecule has 1 aliphatic heterocycles. The lowest BCUT2D eigenvalue weighted by molar-refractivity contribution is 0.0714. The zero-order valence-electron chi connectivity index (χ0n) is 15.5. The van der Waals surface area contributed by atoms with E-state index < -0.39 is 0 Å². The molecular formula is C21H22N4O2. The van der Waals surface area contributed by atoms with Crippen molar-refractivity contribution >= 4 is 11.7 Å². The summed E-state index contributed by atoms with van der Waals surface area (Å²) in [4.78, 5) is 19.2. The molecule has 0 aliphatic carbocycles. The fourth-order valence-corrected chi connectivity index (χ4v) is 3.63. The lowest BCUT2D eigenvalue weighted by Gasteiger charge is -2.22. The Hall–Kier alpha value is -3.15. The quantitative estimate of drug-likeness (QED) is 0.763. The maximum atomic E-state index is 13.0. The predicted octanol–water partition coefficient (Wildman–Crippen LogP) is 3.91. The number of nitrogens with two attached hydrogens (primary N) is 1. The van der Waals surface area contributed by atoms with E-state index in [1.54, 1.807) is 0 Å². The molecule has 0 saturated carbocycles. The van der Waals surface area contributed by atoms with Crippen LogP contribution >= 0.6 is 0 Å². The molecule has 0 radical (unpaired) electrons. The lowest BCUT2D eigenvalue weighted by atomic mass is 10.0. The van der Waals surface area contributed by atoms with E-state index >= 15 is 0 Å². The number of aryl methyl sites for hydroxylation is 2. The number of hydrogen-bond donors (Lipinski definition) is 1. The maximum absolute atomic E-state index is 13.0. The summed E-state index contributed by atoms with van der Waals surface area (Å²) in [5.74, 6) is 1.26. The van der Waals surface area contributed by atoms with E-state index in [0.717, 1.165) is 47.7 Å². The van der Waals surface area contributed by atoms with Gasteiger partial charge in [0.1, 0.15) is 5.82 Å². The van der Waals surface area contributed by atoms with Gasteiger partial charge in [0.2, 0.25) is 0 Å². The number of rotatable bonds is 3. The Bertz CT molecular complexity index is 978. The van der Waals surface area contributed by atoms with Crippen molar-refractivity contribution in [3.63, 3.8) is 0 Å². The van der Waals surface area contributed by atoms with Gasteiger partial charge in [-0.25, -0.2) is 4.98 Å². The summed E-state index contributed by atoms with van der Waals surface area (Å²) in [7, 11) is 0. The SMILES string of the molecule is Cc1cc(C2CCCN2C(=O)c2ccc(-c3ccc(C)nc3N)cc2)on1. The number of benzene rings is 1. The monoisotopic (exact) mass is 362 g/mol. The Morgan fingerprint density at radius 3 is 2.59 bits per heavy atom. The van der Waals surface area contributed by atoms with Gasteiger partial charge in [-0.15, -0.1) is 0 Å². The minimum Gasteiger partial charge on any atom is -0.383 e. The van der Waals surface area contributed by atoms with Gasteiger partial charge in [-0.3, -0.25) is 4.79 Å². The molecule has 3 aromatic rings. The molecule has 1 fully saturated rings. The molecule has 1 unspecified atom stereocenters. The first-order chi connectivity index (χ1) is 13.0. The Labute approximate surface area is 158 Å². The van der Waals surface area contributed by atoms with Crippen LogP contribution in [0.5, 0.6) is 0 Å². The normalized spacial score (nSPS) is 16.7. The van der Waals surface area contributed by atoms with Gasteiger partial charge in [-0.05, 0) is 56.5 Å². The lowest BCUT2D eigenvalue weighted by Crippen LogP contribution is -2.30. The van der Waals surface area contributed by atoms with Gasteiger partial charge in [-0.1, -0.05) is 17.3 Å². The van der Waals surface area contributed by atoms with Crippen molar-refractivity contribution in [2.45, 2.75) is 32.7 Å². The number of carbonyl (C=O) groups is 1. The van der Waals surface area contributed by atoms with Gasteiger partial charge in [0.25, 0.3) is 5.91 Å². The van der Waals surface area contributed by atoms with Crippen molar-refractivity contribution in [3.8, 4) is 11.1 Å². The average Bonchev–Trinajstić information content (AvgIpc) is 3.30. The van der Waals surface area contributed by atoms with E-state index in [2.05, 4.69) is 10.1 Å². The minimum atomic E-state index is -0.0460. The molecule has 1 saturated heterocycles. The molecule has 3 heterocycles. The summed E-state index contributed by atoms with van der Waals surface area (Å²) in [5, 5.41) is 3.96. The van der Waals surface area contributed by atoms with Crippen molar-refractivity contribution < 1.29 is 9.32 Å². The van der Waals surface area contributed by atoms with Gasteiger partial charge in [-0.2, -0.15) is 0 Å². The Morgan fingerprint density at radius 1 is 1.15 bits per heavy atom. The van der Waals surface area contributed by atoms with Gasteiger partial charge in [0.05, 0.1) is 11.7 Å². The highest BCUT2D eigenvalue weighted by molar-refractivity contribution is 5.95. The van der Waals surface area contributed by atoms with Crippen LogP contribution in [-0.4, -0.2) is 27.5 Å². The van der Waals surface area contributed by atoms with Crippen LogP contribution in [0.4, 0.5) is 5.82 Å². The van der Waals surface area contributed by atoms with Gasteiger partial charge in [0.15, 0.2) is 5.76 Å². The predicted molar refractivity (Wildman–Crippen MR) is 103 cm³/mol. The molecule has 2 N–H and O–H groups in total. The second kappa shape index (κ2) is 6.87. The summed E-state index contributed by atoms with van der Waals surface area (Å²) in [5.41, 5.74) is 10.2.